The molecule has 0 atom stereocenters. The lowest BCUT2D eigenvalue weighted by atomic mass is 10.2. The van der Waals surface area contributed by atoms with Crippen LogP contribution in [0.3, 0.4) is 0 Å². The number of aromatic nitrogens is 1. The smallest absolute Gasteiger partial charge is 0.317 e. The number of hydrogen-bond donors (Lipinski definition) is 1. The zero-order valence-corrected chi connectivity index (χ0v) is 9.02. The van der Waals surface area contributed by atoms with Crippen LogP contribution in [-0.2, 0) is 11.2 Å². The fourth-order valence-electron chi connectivity index (χ4n) is 1.54. The Morgan fingerprint density at radius 1 is 1.50 bits per heavy atom. The lowest BCUT2D eigenvalue weighted by molar-refractivity contribution is 0.0533. The first kappa shape index (κ1) is 10.9. The molecular formula is C10H15N3O3. The van der Waals surface area contributed by atoms with E-state index in [0.29, 0.717) is 32.8 Å². The van der Waals surface area contributed by atoms with Crippen molar-refractivity contribution in [3.05, 3.63) is 18.0 Å². The molecule has 1 aliphatic heterocycles. The van der Waals surface area contributed by atoms with Gasteiger partial charge in [0.1, 0.15) is 6.26 Å². The third-order valence-corrected chi connectivity index (χ3v) is 2.47. The molecule has 0 saturated carbocycles. The van der Waals surface area contributed by atoms with Crippen molar-refractivity contribution in [2.75, 3.05) is 32.8 Å². The zero-order valence-electron chi connectivity index (χ0n) is 9.02. The van der Waals surface area contributed by atoms with Crippen molar-refractivity contribution in [2.24, 2.45) is 0 Å². The van der Waals surface area contributed by atoms with Gasteiger partial charge in [0.2, 0.25) is 0 Å². The van der Waals surface area contributed by atoms with Crippen molar-refractivity contribution in [3.8, 4) is 0 Å². The molecule has 0 spiro atoms. The molecule has 0 bridgehead atoms. The Kier molecular flexibility index (Phi) is 3.76. The van der Waals surface area contributed by atoms with Crippen molar-refractivity contribution in [1.82, 2.24) is 15.4 Å². The van der Waals surface area contributed by atoms with E-state index in [9.17, 15) is 4.79 Å². The van der Waals surface area contributed by atoms with Gasteiger partial charge in [0.15, 0.2) is 0 Å². The molecule has 16 heavy (non-hydrogen) atoms. The Bertz CT molecular complexity index is 320. The molecular weight excluding hydrogens is 210 g/mol. The van der Waals surface area contributed by atoms with Crippen LogP contribution in [0.5, 0.6) is 0 Å². The quantitative estimate of drug-likeness (QED) is 0.801. The standard InChI is InChI=1S/C10H15N3O3/c14-10(13-3-5-15-6-4-13)11-2-1-9-7-12-16-8-9/h7-8H,1-6H2,(H,11,14). The maximum atomic E-state index is 11.6. The molecule has 1 saturated heterocycles. The largest absolute Gasteiger partial charge is 0.378 e. The molecule has 0 radical (unpaired) electrons. The highest BCUT2D eigenvalue weighted by Gasteiger charge is 2.15. The second kappa shape index (κ2) is 5.50. The van der Waals surface area contributed by atoms with Crippen molar-refractivity contribution in [1.29, 1.82) is 0 Å². The number of morpholine rings is 1. The highest BCUT2D eigenvalue weighted by Crippen LogP contribution is 1.98. The fourth-order valence-corrected chi connectivity index (χ4v) is 1.54. The van der Waals surface area contributed by atoms with Crippen LogP contribution in [0.25, 0.3) is 0 Å². The first-order valence-electron chi connectivity index (χ1n) is 5.35. The lowest BCUT2D eigenvalue weighted by Crippen LogP contribution is -2.46. The van der Waals surface area contributed by atoms with E-state index in [1.54, 1.807) is 17.4 Å². The molecule has 1 aromatic heterocycles. The number of carbonyl (C=O) groups excluding carboxylic acids is 1. The summed E-state index contributed by atoms with van der Waals surface area (Å²) in [5.74, 6) is 0. The normalized spacial score (nSPS) is 16.1. The second-order valence-corrected chi connectivity index (χ2v) is 3.61. The molecule has 1 aliphatic rings. The number of nitrogens with zero attached hydrogens (tertiary/aromatic N) is 2. The molecule has 0 aromatic carbocycles. The SMILES string of the molecule is O=C(NCCc1cnoc1)N1CCOCC1. The zero-order chi connectivity index (χ0) is 11.2. The molecule has 0 unspecified atom stereocenters. The summed E-state index contributed by atoms with van der Waals surface area (Å²) in [5.41, 5.74) is 0.988. The third-order valence-electron chi connectivity index (χ3n) is 2.47. The number of urea groups is 1. The molecule has 6 heteroatoms. The molecule has 6 nitrogen and oxygen atoms in total. The van der Waals surface area contributed by atoms with Crippen LogP contribution in [0.1, 0.15) is 5.56 Å². The summed E-state index contributed by atoms with van der Waals surface area (Å²) in [6, 6.07) is -0.0280. The molecule has 1 aromatic rings. The molecule has 0 aliphatic carbocycles. The third kappa shape index (κ3) is 2.96. The molecule has 2 rings (SSSR count). The Morgan fingerprint density at radius 2 is 2.31 bits per heavy atom. The number of hydrogen-bond acceptors (Lipinski definition) is 4. The van der Waals surface area contributed by atoms with Gasteiger partial charge in [-0.05, 0) is 6.42 Å². The molecule has 1 N–H and O–H groups in total. The number of ether oxygens (including phenoxy) is 1. The average molecular weight is 225 g/mol. The monoisotopic (exact) mass is 225 g/mol. The van der Waals surface area contributed by atoms with Gasteiger partial charge < -0.3 is 19.5 Å². The number of amides is 2. The summed E-state index contributed by atoms with van der Waals surface area (Å²) < 4.78 is 9.87. The Balaban J connectivity index is 1.67. The van der Waals surface area contributed by atoms with Crippen molar-refractivity contribution in [3.63, 3.8) is 0 Å². The topological polar surface area (TPSA) is 67.6 Å². The maximum Gasteiger partial charge on any atom is 0.317 e. The summed E-state index contributed by atoms with van der Waals surface area (Å²) in [7, 11) is 0. The van der Waals surface area contributed by atoms with E-state index in [2.05, 4.69) is 10.5 Å². The number of carbonyl (C=O) groups is 1. The minimum absolute atomic E-state index is 0.0280. The van der Waals surface area contributed by atoms with Gasteiger partial charge in [-0.25, -0.2) is 4.79 Å². The second-order valence-electron chi connectivity index (χ2n) is 3.61. The van der Waals surface area contributed by atoms with Crippen LogP contribution in [0.4, 0.5) is 4.79 Å². The predicted molar refractivity (Wildman–Crippen MR) is 56.0 cm³/mol. The summed E-state index contributed by atoms with van der Waals surface area (Å²) in [6.45, 7) is 3.17. The first-order valence-corrected chi connectivity index (χ1v) is 5.35. The Labute approximate surface area is 93.5 Å². The fraction of sp³-hybridized carbons (Fsp3) is 0.600. The van der Waals surface area contributed by atoms with Crippen molar-refractivity contribution >= 4 is 6.03 Å². The lowest BCUT2D eigenvalue weighted by Gasteiger charge is -2.26. The maximum absolute atomic E-state index is 11.6. The minimum Gasteiger partial charge on any atom is -0.378 e. The van der Waals surface area contributed by atoms with Gasteiger partial charge in [0, 0.05) is 25.2 Å². The van der Waals surface area contributed by atoms with E-state index < -0.39 is 0 Å². The number of rotatable bonds is 3. The van der Waals surface area contributed by atoms with E-state index >= 15 is 0 Å². The van der Waals surface area contributed by atoms with Crippen LogP contribution >= 0.6 is 0 Å². The highest BCUT2D eigenvalue weighted by atomic mass is 16.5. The minimum atomic E-state index is -0.0280. The average Bonchev–Trinajstić information content (AvgIpc) is 2.83. The van der Waals surface area contributed by atoms with Gasteiger partial charge in [0.05, 0.1) is 19.4 Å². The Hall–Kier alpha value is -1.56. The van der Waals surface area contributed by atoms with Gasteiger partial charge in [-0.2, -0.15) is 0 Å². The summed E-state index contributed by atoms with van der Waals surface area (Å²) in [5, 5.41) is 6.45. The van der Waals surface area contributed by atoms with Crippen LogP contribution in [0.15, 0.2) is 17.0 Å². The van der Waals surface area contributed by atoms with E-state index in [4.69, 9.17) is 9.26 Å². The van der Waals surface area contributed by atoms with Gasteiger partial charge in [0.25, 0.3) is 0 Å². The first-order chi connectivity index (χ1) is 7.86. The van der Waals surface area contributed by atoms with Gasteiger partial charge in [-0.1, -0.05) is 5.16 Å². The van der Waals surface area contributed by atoms with Crippen LogP contribution in [0.2, 0.25) is 0 Å². The Morgan fingerprint density at radius 3 is 3.00 bits per heavy atom. The van der Waals surface area contributed by atoms with Gasteiger partial charge in [-0.3, -0.25) is 0 Å². The molecule has 2 amide bonds. The van der Waals surface area contributed by atoms with E-state index in [1.807, 2.05) is 0 Å². The summed E-state index contributed by atoms with van der Waals surface area (Å²) in [6.07, 6.45) is 3.97. The van der Waals surface area contributed by atoms with Crippen LogP contribution in [-0.4, -0.2) is 48.9 Å². The highest BCUT2D eigenvalue weighted by molar-refractivity contribution is 5.74. The predicted octanol–water partition coefficient (Wildman–Crippen LogP) is 0.259. The van der Waals surface area contributed by atoms with Gasteiger partial charge in [-0.15, -0.1) is 0 Å². The van der Waals surface area contributed by atoms with Gasteiger partial charge >= 0.3 is 6.03 Å². The molecule has 1 fully saturated rings. The molecule has 88 valence electrons. The molecule has 2 heterocycles. The van der Waals surface area contributed by atoms with E-state index in [1.165, 1.54) is 0 Å². The van der Waals surface area contributed by atoms with E-state index in [0.717, 1.165) is 12.0 Å². The van der Waals surface area contributed by atoms with Crippen molar-refractivity contribution in [2.45, 2.75) is 6.42 Å². The van der Waals surface area contributed by atoms with E-state index in [-0.39, 0.29) is 6.03 Å². The van der Waals surface area contributed by atoms with Crippen LogP contribution < -0.4 is 5.32 Å². The number of nitrogens with one attached hydrogen (secondary N) is 1. The summed E-state index contributed by atoms with van der Waals surface area (Å²) >= 11 is 0. The van der Waals surface area contributed by atoms with Crippen molar-refractivity contribution < 1.29 is 14.1 Å². The van der Waals surface area contributed by atoms with Crippen LogP contribution in [0, 0.1) is 0 Å². The summed E-state index contributed by atoms with van der Waals surface area (Å²) in [4.78, 5) is 13.4.